The quantitative estimate of drug-likeness (QED) is 0.532. The van der Waals surface area contributed by atoms with E-state index >= 15 is 0 Å². The minimum absolute atomic E-state index is 0.0729. The van der Waals surface area contributed by atoms with Crippen molar-refractivity contribution in [1.29, 1.82) is 0 Å². The standard InChI is InChI=1S/C15H17N5O5/c1-3-4-20-12(16)11(13(22)19-15(20)24)10(21)7-25-14(23)9-6-17-8(2)5-18-9/h5-6H,3-4,7,16H2,1-2H3,(H,19,22,24). The molecular formula is C15H17N5O5. The number of anilines is 1. The number of ether oxygens (including phenoxy) is 1. The van der Waals surface area contributed by atoms with Crippen molar-refractivity contribution in [2.75, 3.05) is 12.3 Å². The molecular weight excluding hydrogens is 330 g/mol. The number of hydrogen-bond donors (Lipinski definition) is 2. The van der Waals surface area contributed by atoms with E-state index in [1.54, 1.807) is 6.92 Å². The van der Waals surface area contributed by atoms with E-state index in [4.69, 9.17) is 10.5 Å². The van der Waals surface area contributed by atoms with Crippen LogP contribution < -0.4 is 17.0 Å². The molecule has 2 rings (SSSR count). The predicted octanol–water partition coefficient (Wildman–Crippen LogP) is -0.333. The summed E-state index contributed by atoms with van der Waals surface area (Å²) in [7, 11) is 0. The molecule has 0 saturated carbocycles. The first-order valence-corrected chi connectivity index (χ1v) is 7.46. The fraction of sp³-hybridized carbons (Fsp3) is 0.333. The Morgan fingerprint density at radius 3 is 2.60 bits per heavy atom. The van der Waals surface area contributed by atoms with Crippen LogP contribution in [-0.4, -0.2) is 37.9 Å². The Labute approximate surface area is 141 Å². The largest absolute Gasteiger partial charge is 0.453 e. The van der Waals surface area contributed by atoms with Gasteiger partial charge in [-0.25, -0.2) is 14.6 Å². The van der Waals surface area contributed by atoms with Crippen molar-refractivity contribution in [3.8, 4) is 0 Å². The van der Waals surface area contributed by atoms with Gasteiger partial charge in [0.05, 0.1) is 11.9 Å². The van der Waals surface area contributed by atoms with E-state index in [-0.39, 0.29) is 18.1 Å². The lowest BCUT2D eigenvalue weighted by Gasteiger charge is -2.11. The highest BCUT2D eigenvalue weighted by Gasteiger charge is 2.21. The Morgan fingerprint density at radius 2 is 2.00 bits per heavy atom. The van der Waals surface area contributed by atoms with Gasteiger partial charge < -0.3 is 10.5 Å². The maximum atomic E-state index is 12.2. The van der Waals surface area contributed by atoms with Crippen LogP contribution in [0.1, 0.15) is 39.9 Å². The van der Waals surface area contributed by atoms with Crippen molar-refractivity contribution in [3.05, 3.63) is 50.2 Å². The second-order valence-electron chi connectivity index (χ2n) is 5.21. The first-order valence-electron chi connectivity index (χ1n) is 7.46. The smallest absolute Gasteiger partial charge is 0.358 e. The Hall–Kier alpha value is -3.30. The van der Waals surface area contributed by atoms with Crippen molar-refractivity contribution < 1.29 is 14.3 Å². The van der Waals surface area contributed by atoms with Crippen molar-refractivity contribution in [3.63, 3.8) is 0 Å². The van der Waals surface area contributed by atoms with Gasteiger partial charge >= 0.3 is 11.7 Å². The molecule has 10 nitrogen and oxygen atoms in total. The Morgan fingerprint density at radius 1 is 1.28 bits per heavy atom. The van der Waals surface area contributed by atoms with Crippen LogP contribution in [0, 0.1) is 6.92 Å². The summed E-state index contributed by atoms with van der Waals surface area (Å²) in [4.78, 5) is 57.4. The summed E-state index contributed by atoms with van der Waals surface area (Å²) in [6.45, 7) is 3.03. The third-order valence-electron chi connectivity index (χ3n) is 3.29. The first-order chi connectivity index (χ1) is 11.8. The van der Waals surface area contributed by atoms with Gasteiger partial charge in [-0.05, 0) is 13.3 Å². The van der Waals surface area contributed by atoms with Gasteiger partial charge in [0.25, 0.3) is 5.56 Å². The van der Waals surface area contributed by atoms with Gasteiger partial charge in [-0.15, -0.1) is 0 Å². The summed E-state index contributed by atoms with van der Waals surface area (Å²) in [5.41, 5.74) is 4.26. The summed E-state index contributed by atoms with van der Waals surface area (Å²) in [5.74, 6) is -1.94. The molecule has 0 aliphatic heterocycles. The van der Waals surface area contributed by atoms with E-state index in [0.29, 0.717) is 12.1 Å². The molecule has 0 spiro atoms. The molecule has 2 heterocycles. The van der Waals surface area contributed by atoms with E-state index < -0.39 is 35.2 Å². The number of nitrogens with zero attached hydrogens (tertiary/aromatic N) is 3. The molecule has 25 heavy (non-hydrogen) atoms. The zero-order valence-corrected chi connectivity index (χ0v) is 13.7. The molecule has 2 aromatic heterocycles. The van der Waals surface area contributed by atoms with Gasteiger partial charge in [0.2, 0.25) is 5.78 Å². The SMILES string of the molecule is CCCn1c(N)c(C(=O)COC(=O)c2cnc(C)cn2)c(=O)[nH]c1=O. The second kappa shape index (κ2) is 7.51. The Kier molecular flexibility index (Phi) is 5.42. The van der Waals surface area contributed by atoms with Gasteiger partial charge in [-0.1, -0.05) is 6.92 Å². The number of rotatable bonds is 6. The third kappa shape index (κ3) is 3.97. The molecule has 0 amide bonds. The molecule has 0 unspecified atom stereocenters. The van der Waals surface area contributed by atoms with E-state index in [2.05, 4.69) is 9.97 Å². The molecule has 0 atom stereocenters. The Balaban J connectivity index is 2.19. The Bertz CT molecular complexity index is 913. The summed E-state index contributed by atoms with van der Waals surface area (Å²) < 4.78 is 5.92. The molecule has 132 valence electrons. The number of Topliss-reactive ketones (excluding diaryl/α,β-unsaturated/α-hetero) is 1. The zero-order chi connectivity index (χ0) is 18.6. The lowest BCUT2D eigenvalue weighted by atomic mass is 10.2. The molecule has 0 aromatic carbocycles. The average molecular weight is 347 g/mol. The van der Waals surface area contributed by atoms with Crippen LogP contribution in [0.3, 0.4) is 0 Å². The van der Waals surface area contributed by atoms with Crippen LogP contribution in [0.4, 0.5) is 5.82 Å². The van der Waals surface area contributed by atoms with Crippen LogP contribution >= 0.6 is 0 Å². The topological polar surface area (TPSA) is 150 Å². The van der Waals surface area contributed by atoms with E-state index in [0.717, 1.165) is 4.57 Å². The van der Waals surface area contributed by atoms with Gasteiger partial charge in [0, 0.05) is 12.7 Å². The summed E-state index contributed by atoms with van der Waals surface area (Å²) in [5, 5.41) is 0. The number of hydrogen-bond acceptors (Lipinski definition) is 8. The van der Waals surface area contributed by atoms with Crippen molar-refractivity contribution >= 4 is 17.6 Å². The fourth-order valence-electron chi connectivity index (χ4n) is 2.08. The lowest BCUT2D eigenvalue weighted by molar-refractivity contribution is 0.0468. The minimum Gasteiger partial charge on any atom is -0.453 e. The molecule has 0 saturated heterocycles. The number of nitrogens with one attached hydrogen (secondary N) is 1. The van der Waals surface area contributed by atoms with Crippen LogP contribution in [-0.2, 0) is 11.3 Å². The molecule has 0 radical (unpaired) electrons. The molecule has 2 aromatic rings. The summed E-state index contributed by atoms with van der Waals surface area (Å²) in [6, 6.07) is 0. The fourth-order valence-corrected chi connectivity index (χ4v) is 2.08. The van der Waals surface area contributed by atoms with Crippen molar-refractivity contribution in [2.45, 2.75) is 26.8 Å². The van der Waals surface area contributed by atoms with E-state index in [1.807, 2.05) is 11.9 Å². The number of nitrogen functional groups attached to an aromatic ring is 1. The number of ketones is 1. The van der Waals surface area contributed by atoms with Crippen molar-refractivity contribution in [2.24, 2.45) is 0 Å². The number of carbonyl (C=O) groups excluding carboxylic acids is 2. The van der Waals surface area contributed by atoms with Gasteiger partial charge in [0.1, 0.15) is 11.4 Å². The number of aryl methyl sites for hydroxylation is 1. The number of esters is 1. The van der Waals surface area contributed by atoms with Crippen LogP contribution in [0.25, 0.3) is 0 Å². The molecule has 3 N–H and O–H groups in total. The number of nitrogens with two attached hydrogens (primary N) is 1. The highest BCUT2D eigenvalue weighted by atomic mass is 16.5. The van der Waals surface area contributed by atoms with Crippen LogP contribution in [0.15, 0.2) is 22.0 Å². The highest BCUT2D eigenvalue weighted by molar-refractivity contribution is 6.01. The lowest BCUT2D eigenvalue weighted by Crippen LogP contribution is -2.37. The zero-order valence-electron chi connectivity index (χ0n) is 13.7. The predicted molar refractivity (Wildman–Crippen MR) is 87.4 cm³/mol. The highest BCUT2D eigenvalue weighted by Crippen LogP contribution is 2.07. The molecule has 10 heteroatoms. The maximum Gasteiger partial charge on any atom is 0.358 e. The van der Waals surface area contributed by atoms with Gasteiger partial charge in [-0.3, -0.25) is 24.1 Å². The minimum atomic E-state index is -0.925. The molecule has 0 aliphatic rings. The number of carbonyl (C=O) groups is 2. The molecule has 0 bridgehead atoms. The average Bonchev–Trinajstić information content (AvgIpc) is 2.57. The van der Waals surface area contributed by atoms with Crippen molar-refractivity contribution in [1.82, 2.24) is 19.5 Å². The number of aromatic amines is 1. The van der Waals surface area contributed by atoms with E-state index in [9.17, 15) is 19.2 Å². The summed E-state index contributed by atoms with van der Waals surface area (Å²) in [6.07, 6.45) is 3.16. The number of H-pyrrole nitrogens is 1. The molecule has 0 fully saturated rings. The second-order valence-corrected chi connectivity index (χ2v) is 5.21. The number of aromatic nitrogens is 4. The normalized spacial score (nSPS) is 10.5. The van der Waals surface area contributed by atoms with Gasteiger partial charge in [-0.2, -0.15) is 0 Å². The van der Waals surface area contributed by atoms with Crippen LogP contribution in [0.2, 0.25) is 0 Å². The van der Waals surface area contributed by atoms with E-state index in [1.165, 1.54) is 12.4 Å². The molecule has 0 aliphatic carbocycles. The maximum absolute atomic E-state index is 12.2. The summed E-state index contributed by atoms with van der Waals surface area (Å²) >= 11 is 0. The van der Waals surface area contributed by atoms with Gasteiger partial charge in [0.15, 0.2) is 12.3 Å². The first kappa shape index (κ1) is 18.0. The third-order valence-corrected chi connectivity index (χ3v) is 3.29. The van der Waals surface area contributed by atoms with Crippen LogP contribution in [0.5, 0.6) is 0 Å². The monoisotopic (exact) mass is 347 g/mol.